The number of carbonyl (C=O) groups excluding carboxylic acids is 10. The number of carbonyl (C=O) groups is 10. The SMILES string of the molecule is CN[C@@H](C)C(=O)N[C@H](C(=O)N1C[C@@H](NC(=O)CNC(=O)c2ccc(-c3ccc(C(=O)NCC(=O)N[C@H]4C[C@@H](C(=O)N[C@@H]5CCCc6ccccc65)N(C(=O)[C@@H](NC(=O)[C@H](C)NC)C(C)(C)C)C4)cc3)cc2)C[C@H]1C(=O)N[C@@H]1CCCc2ccccc21)C(C)(C)C. The lowest BCUT2D eigenvalue weighted by molar-refractivity contribution is -0.144. The minimum atomic E-state index is -0.988. The Bertz CT molecular complexity index is 3090. The van der Waals surface area contributed by atoms with Gasteiger partial charge in [0, 0.05) is 36.3 Å². The number of benzene rings is 4. The summed E-state index contributed by atoms with van der Waals surface area (Å²) in [6.45, 7) is 13.6. The van der Waals surface area contributed by atoms with E-state index in [4.69, 9.17) is 0 Å². The van der Waals surface area contributed by atoms with E-state index in [2.05, 4.69) is 65.3 Å². The van der Waals surface area contributed by atoms with Gasteiger partial charge in [-0.2, -0.15) is 0 Å². The number of likely N-dealkylation sites (N-methyl/N-ethyl adjacent to an activating group) is 2. The fraction of sp³-hybridized carbons (Fsp3) is 0.500. The van der Waals surface area contributed by atoms with Crippen LogP contribution < -0.4 is 53.2 Å². The third-order valence-corrected chi connectivity index (χ3v) is 17.8. The van der Waals surface area contributed by atoms with E-state index < -0.39 is 94.6 Å². The van der Waals surface area contributed by atoms with E-state index in [1.807, 2.05) is 77.9 Å². The second-order valence-electron chi connectivity index (χ2n) is 26.5. The summed E-state index contributed by atoms with van der Waals surface area (Å²) in [4.78, 5) is 141. The molecule has 482 valence electrons. The summed E-state index contributed by atoms with van der Waals surface area (Å²) in [5.74, 6) is -4.43. The second kappa shape index (κ2) is 29.4. The van der Waals surface area contributed by atoms with Gasteiger partial charge in [-0.05, 0) is 148 Å². The predicted octanol–water partition coefficient (Wildman–Crippen LogP) is 3.65. The second-order valence-corrected chi connectivity index (χ2v) is 26.5. The highest BCUT2D eigenvalue weighted by Gasteiger charge is 2.48. The summed E-state index contributed by atoms with van der Waals surface area (Å²) in [7, 11) is 3.29. The van der Waals surface area contributed by atoms with Gasteiger partial charge in [-0.3, -0.25) is 47.9 Å². The number of nitrogens with zero attached hydrogens (tertiary/aromatic N) is 2. The molecule has 90 heavy (non-hydrogen) atoms. The Labute approximate surface area is 527 Å². The number of rotatable bonds is 21. The highest BCUT2D eigenvalue weighted by molar-refractivity contribution is 5.99. The maximum atomic E-state index is 14.5. The molecule has 0 aromatic heterocycles. The standard InChI is InChI=1S/C68H90N12O10/c1-39(69-9)59(83)77-57(67(3,4)5)65(89)79-37-47(33-53(79)63(87)75-51-23-15-19-43-17-11-13-21-49(43)51)73-55(81)35-71-61(85)45-29-25-41(26-30-45)42-27-31-46(32-28-42)62(86)72-36-56(82)74-48-34-54(64(88)76-52-24-16-20-44-18-12-14-22-50(44)52)80(38-48)66(90)58(68(6,7)8)78-60(84)40(2)70-10/h11-14,17-18,21-22,25-32,39-40,47-48,51-54,57-58,69-70H,15-16,19-20,23-24,33-38H2,1-10H3,(H,71,85)(H,72,86)(H,73,81)(H,74,82)(H,75,87)(H,76,88)(H,77,83)(H,78,84)/t39-,40-,47-,48-,51+,52+,53-,54-,57+,58+/m0/s1. The molecule has 4 aromatic carbocycles. The molecule has 2 heterocycles. The Morgan fingerprint density at radius 1 is 0.489 bits per heavy atom. The molecule has 0 unspecified atom stereocenters. The topological polar surface area (TPSA) is 297 Å². The Hall–Kier alpha value is -8.50. The molecule has 2 aliphatic heterocycles. The normalized spacial score (nSPS) is 21.0. The molecule has 0 bridgehead atoms. The number of likely N-dealkylation sites (tertiary alicyclic amines) is 2. The predicted molar refractivity (Wildman–Crippen MR) is 341 cm³/mol. The summed E-state index contributed by atoms with van der Waals surface area (Å²) in [5.41, 5.74) is 4.93. The Kier molecular flexibility index (Phi) is 22.0. The first-order chi connectivity index (χ1) is 42.7. The third kappa shape index (κ3) is 16.7. The van der Waals surface area contributed by atoms with Crippen LogP contribution in [-0.4, -0.2) is 157 Å². The van der Waals surface area contributed by atoms with Gasteiger partial charge in [0.15, 0.2) is 0 Å². The zero-order valence-electron chi connectivity index (χ0n) is 53.5. The summed E-state index contributed by atoms with van der Waals surface area (Å²) in [5, 5.41) is 29.1. The Balaban J connectivity index is 0.841. The van der Waals surface area contributed by atoms with Crippen LogP contribution in [0.25, 0.3) is 11.1 Å². The van der Waals surface area contributed by atoms with E-state index in [9.17, 15) is 47.9 Å². The molecule has 10 atom stereocenters. The lowest BCUT2D eigenvalue weighted by Crippen LogP contribution is -2.59. The number of fused-ring (bicyclic) bond motifs is 2. The summed E-state index contributed by atoms with van der Waals surface area (Å²) >= 11 is 0. The van der Waals surface area contributed by atoms with E-state index in [0.29, 0.717) is 0 Å². The molecule has 2 fully saturated rings. The molecular weight excluding hydrogens is 1140 g/mol. The van der Waals surface area contributed by atoms with E-state index >= 15 is 0 Å². The molecule has 0 radical (unpaired) electrons. The van der Waals surface area contributed by atoms with Crippen molar-refractivity contribution in [2.24, 2.45) is 10.8 Å². The van der Waals surface area contributed by atoms with Gasteiger partial charge >= 0.3 is 0 Å². The zero-order chi connectivity index (χ0) is 65.2. The van der Waals surface area contributed by atoms with Crippen molar-refractivity contribution < 1.29 is 47.9 Å². The fourth-order valence-electron chi connectivity index (χ4n) is 12.3. The van der Waals surface area contributed by atoms with Crippen molar-refractivity contribution >= 4 is 59.1 Å². The number of aryl methyl sites for hydroxylation is 2. The minimum Gasteiger partial charge on any atom is -0.350 e. The maximum absolute atomic E-state index is 14.5. The largest absolute Gasteiger partial charge is 0.350 e. The molecule has 0 spiro atoms. The smallest absolute Gasteiger partial charge is 0.251 e. The van der Waals surface area contributed by atoms with Gasteiger partial charge in [-0.1, -0.05) is 114 Å². The zero-order valence-corrected chi connectivity index (χ0v) is 53.5. The van der Waals surface area contributed by atoms with E-state index in [-0.39, 0.29) is 85.9 Å². The van der Waals surface area contributed by atoms with Crippen molar-refractivity contribution in [3.63, 3.8) is 0 Å². The van der Waals surface area contributed by atoms with Crippen LogP contribution in [0.3, 0.4) is 0 Å². The van der Waals surface area contributed by atoms with E-state index in [1.165, 1.54) is 9.80 Å². The Morgan fingerprint density at radius 3 is 1.19 bits per heavy atom. The molecule has 22 heteroatoms. The average molecular weight is 1240 g/mol. The van der Waals surface area contributed by atoms with Crippen molar-refractivity contribution in [1.82, 2.24) is 63.0 Å². The van der Waals surface area contributed by atoms with Gasteiger partial charge in [0.25, 0.3) is 11.8 Å². The molecule has 4 aromatic rings. The van der Waals surface area contributed by atoms with Gasteiger partial charge in [0.2, 0.25) is 47.3 Å². The van der Waals surface area contributed by atoms with Crippen LogP contribution in [-0.2, 0) is 51.2 Å². The highest BCUT2D eigenvalue weighted by Crippen LogP contribution is 2.34. The monoisotopic (exact) mass is 1230 g/mol. The molecule has 8 rings (SSSR count). The molecule has 10 amide bonds. The average Bonchev–Trinajstić information content (AvgIpc) is 1.64. The lowest BCUT2D eigenvalue weighted by atomic mass is 9.85. The first kappa shape index (κ1) is 67.4. The molecule has 2 aliphatic carbocycles. The summed E-state index contributed by atoms with van der Waals surface area (Å²) in [6.07, 6.45) is 5.25. The van der Waals surface area contributed by atoms with Gasteiger partial charge in [-0.15, -0.1) is 0 Å². The minimum absolute atomic E-state index is 0.000990. The number of hydrogen-bond acceptors (Lipinski definition) is 12. The van der Waals surface area contributed by atoms with Crippen LogP contribution in [0.2, 0.25) is 0 Å². The lowest BCUT2D eigenvalue weighted by Gasteiger charge is -2.36. The van der Waals surface area contributed by atoms with Crippen molar-refractivity contribution in [2.45, 2.75) is 167 Å². The van der Waals surface area contributed by atoms with Crippen molar-refractivity contribution in [2.75, 3.05) is 40.3 Å². The molecular formula is C68H90N12O10. The van der Waals surface area contributed by atoms with Crippen LogP contribution in [0.4, 0.5) is 0 Å². The van der Waals surface area contributed by atoms with Crippen molar-refractivity contribution in [1.29, 1.82) is 0 Å². The van der Waals surface area contributed by atoms with Gasteiger partial charge in [-0.25, -0.2) is 0 Å². The van der Waals surface area contributed by atoms with Crippen molar-refractivity contribution in [3.05, 3.63) is 130 Å². The van der Waals surface area contributed by atoms with Crippen LogP contribution in [0.5, 0.6) is 0 Å². The molecule has 10 N–H and O–H groups in total. The Morgan fingerprint density at radius 2 is 0.844 bits per heavy atom. The van der Waals surface area contributed by atoms with Crippen LogP contribution in [0.15, 0.2) is 97.1 Å². The van der Waals surface area contributed by atoms with Crippen LogP contribution in [0.1, 0.15) is 149 Å². The molecule has 22 nitrogen and oxygen atoms in total. The number of nitrogens with one attached hydrogen (secondary N) is 10. The van der Waals surface area contributed by atoms with Gasteiger partial charge in [0.1, 0.15) is 24.2 Å². The maximum Gasteiger partial charge on any atom is 0.251 e. The van der Waals surface area contributed by atoms with Gasteiger partial charge in [0.05, 0.1) is 37.3 Å². The van der Waals surface area contributed by atoms with Crippen LogP contribution >= 0.6 is 0 Å². The summed E-state index contributed by atoms with van der Waals surface area (Å²) in [6, 6.07) is 22.4. The highest BCUT2D eigenvalue weighted by atomic mass is 16.2. The van der Waals surface area contributed by atoms with E-state index in [0.717, 1.165) is 71.9 Å². The molecule has 0 saturated carbocycles. The van der Waals surface area contributed by atoms with Crippen LogP contribution in [0, 0.1) is 10.8 Å². The summed E-state index contributed by atoms with van der Waals surface area (Å²) < 4.78 is 0. The number of hydrogen-bond donors (Lipinski definition) is 10. The quantitative estimate of drug-likeness (QED) is 0.0572. The first-order valence-corrected chi connectivity index (χ1v) is 31.4. The first-order valence-electron chi connectivity index (χ1n) is 31.4. The van der Waals surface area contributed by atoms with Crippen molar-refractivity contribution in [3.8, 4) is 11.1 Å². The fourth-order valence-corrected chi connectivity index (χ4v) is 12.3. The third-order valence-electron chi connectivity index (χ3n) is 17.8. The molecule has 4 aliphatic rings. The van der Waals surface area contributed by atoms with E-state index in [1.54, 1.807) is 76.5 Å². The molecule has 2 saturated heterocycles. The number of amides is 10. The van der Waals surface area contributed by atoms with Gasteiger partial charge < -0.3 is 63.0 Å².